The quantitative estimate of drug-likeness (QED) is 0.779. The molecule has 5 heteroatoms. The van der Waals surface area contributed by atoms with E-state index in [1.54, 1.807) is 0 Å². The minimum atomic E-state index is -0.167. The maximum atomic E-state index is 11.3. The zero-order chi connectivity index (χ0) is 14.5. The number of hydrogen-bond donors (Lipinski definition) is 3. The van der Waals surface area contributed by atoms with Crippen LogP contribution in [-0.4, -0.2) is 16.0 Å². The Morgan fingerprint density at radius 2 is 1.90 bits per heavy atom. The maximum Gasteiger partial charge on any atom is 0.323 e. The van der Waals surface area contributed by atoms with Gasteiger partial charge in [0.05, 0.1) is 16.7 Å². The van der Waals surface area contributed by atoms with Gasteiger partial charge in [0.2, 0.25) is 0 Å². The second-order valence-electron chi connectivity index (χ2n) is 6.76. The zero-order valence-corrected chi connectivity index (χ0v) is 13.6. The molecule has 0 saturated heterocycles. The maximum absolute atomic E-state index is 11.3. The lowest BCUT2D eigenvalue weighted by molar-refractivity contribution is 0.366. The number of nitrogens with one attached hydrogen (secondary N) is 3. The monoisotopic (exact) mass is 337 g/mol. The molecular weight excluding hydrogens is 318 g/mol. The molecule has 2 aromatic rings. The van der Waals surface area contributed by atoms with E-state index < -0.39 is 0 Å². The van der Waals surface area contributed by atoms with Crippen LogP contribution in [0.4, 0.5) is 5.69 Å². The van der Waals surface area contributed by atoms with Crippen molar-refractivity contribution < 1.29 is 0 Å². The summed E-state index contributed by atoms with van der Waals surface area (Å²) in [5.41, 5.74) is 2.94. The molecule has 1 saturated carbocycles. The van der Waals surface area contributed by atoms with Crippen LogP contribution in [0.2, 0.25) is 0 Å². The van der Waals surface area contributed by atoms with Gasteiger partial charge in [0.25, 0.3) is 0 Å². The number of H-pyrrole nitrogens is 2. The Balaban J connectivity index is 1.91. The van der Waals surface area contributed by atoms with Gasteiger partial charge in [-0.05, 0) is 52.2 Å². The Morgan fingerprint density at radius 3 is 2.50 bits per heavy atom. The highest BCUT2D eigenvalue weighted by atomic mass is 79.9. The Bertz CT molecular complexity index is 701. The Kier molecular flexibility index (Phi) is 3.20. The van der Waals surface area contributed by atoms with E-state index in [0.29, 0.717) is 17.4 Å². The Labute approximate surface area is 126 Å². The highest BCUT2D eigenvalue weighted by molar-refractivity contribution is 9.10. The third-order valence-electron chi connectivity index (χ3n) is 4.28. The molecule has 1 aromatic heterocycles. The molecule has 108 valence electrons. The van der Waals surface area contributed by atoms with Gasteiger partial charge in [0, 0.05) is 10.5 Å². The average molecular weight is 338 g/mol. The van der Waals surface area contributed by atoms with Crippen molar-refractivity contribution in [1.82, 2.24) is 9.97 Å². The fourth-order valence-electron chi connectivity index (χ4n) is 3.45. The van der Waals surface area contributed by atoms with Crippen LogP contribution >= 0.6 is 15.9 Å². The van der Waals surface area contributed by atoms with E-state index in [9.17, 15) is 4.79 Å². The molecule has 0 aliphatic heterocycles. The number of fused-ring (bicyclic) bond motifs is 1. The van der Waals surface area contributed by atoms with E-state index in [1.165, 1.54) is 12.8 Å². The average Bonchev–Trinajstić information content (AvgIpc) is 2.78. The summed E-state index contributed by atoms with van der Waals surface area (Å²) in [6.07, 6.45) is 2.41. The summed E-state index contributed by atoms with van der Waals surface area (Å²) in [6, 6.07) is 4.42. The number of halogens is 1. The standard InChI is InChI=1S/C15H20BrN3O/c1-8-6-15(2,3)7-13(8)17-10-5-12-11(4-9(10)16)18-14(20)19-12/h4-5,8,13,17H,6-7H2,1-3H3,(H2,18,19,20). The molecule has 1 fully saturated rings. The Morgan fingerprint density at radius 1 is 1.25 bits per heavy atom. The zero-order valence-electron chi connectivity index (χ0n) is 12.0. The Hall–Kier alpha value is -1.23. The van der Waals surface area contributed by atoms with E-state index in [2.05, 4.69) is 52.0 Å². The van der Waals surface area contributed by atoms with Gasteiger partial charge in [0.1, 0.15) is 0 Å². The fourth-order valence-corrected chi connectivity index (χ4v) is 3.91. The van der Waals surface area contributed by atoms with Gasteiger partial charge in [-0.25, -0.2) is 4.79 Å². The molecule has 3 rings (SSSR count). The molecule has 2 atom stereocenters. The van der Waals surface area contributed by atoms with Crippen molar-refractivity contribution in [1.29, 1.82) is 0 Å². The molecule has 0 amide bonds. The molecule has 1 aromatic carbocycles. The van der Waals surface area contributed by atoms with Gasteiger partial charge < -0.3 is 15.3 Å². The predicted molar refractivity (Wildman–Crippen MR) is 86.2 cm³/mol. The fraction of sp³-hybridized carbons (Fsp3) is 0.533. The van der Waals surface area contributed by atoms with E-state index in [4.69, 9.17) is 0 Å². The summed E-state index contributed by atoms with van der Waals surface area (Å²) in [6.45, 7) is 6.96. The van der Waals surface area contributed by atoms with Gasteiger partial charge in [-0.3, -0.25) is 0 Å². The van der Waals surface area contributed by atoms with Crippen molar-refractivity contribution >= 4 is 32.7 Å². The van der Waals surface area contributed by atoms with E-state index >= 15 is 0 Å². The van der Waals surface area contributed by atoms with Crippen molar-refractivity contribution in [3.63, 3.8) is 0 Å². The minimum Gasteiger partial charge on any atom is -0.381 e. The first-order valence-corrected chi connectivity index (χ1v) is 7.81. The number of anilines is 1. The molecule has 0 spiro atoms. The van der Waals surface area contributed by atoms with Crippen molar-refractivity contribution in [3.05, 3.63) is 27.1 Å². The summed E-state index contributed by atoms with van der Waals surface area (Å²) >= 11 is 3.58. The third kappa shape index (κ3) is 2.51. The minimum absolute atomic E-state index is 0.167. The summed E-state index contributed by atoms with van der Waals surface area (Å²) in [5, 5.41) is 3.63. The number of rotatable bonds is 2. The van der Waals surface area contributed by atoms with Crippen LogP contribution < -0.4 is 11.0 Å². The SMILES string of the molecule is CC1CC(C)(C)CC1Nc1cc2[nH]c(=O)[nH]c2cc1Br. The molecule has 0 radical (unpaired) electrons. The molecule has 1 heterocycles. The van der Waals surface area contributed by atoms with Crippen molar-refractivity contribution in [3.8, 4) is 0 Å². The molecule has 2 unspecified atom stereocenters. The van der Waals surface area contributed by atoms with Gasteiger partial charge in [-0.2, -0.15) is 0 Å². The molecule has 1 aliphatic carbocycles. The predicted octanol–water partition coefficient (Wildman–Crippen LogP) is 3.86. The first-order valence-electron chi connectivity index (χ1n) is 7.02. The highest BCUT2D eigenvalue weighted by Crippen LogP contribution is 2.42. The number of aromatic nitrogens is 2. The number of hydrogen-bond acceptors (Lipinski definition) is 2. The molecule has 20 heavy (non-hydrogen) atoms. The van der Waals surface area contributed by atoms with Crippen molar-refractivity contribution in [2.24, 2.45) is 11.3 Å². The second kappa shape index (κ2) is 4.65. The lowest BCUT2D eigenvalue weighted by Crippen LogP contribution is -2.22. The lowest BCUT2D eigenvalue weighted by atomic mass is 9.91. The number of aromatic amines is 2. The van der Waals surface area contributed by atoms with Crippen LogP contribution in [-0.2, 0) is 0 Å². The second-order valence-corrected chi connectivity index (χ2v) is 7.61. The topological polar surface area (TPSA) is 60.7 Å². The van der Waals surface area contributed by atoms with Gasteiger partial charge >= 0.3 is 5.69 Å². The summed E-state index contributed by atoms with van der Waals surface area (Å²) in [4.78, 5) is 16.9. The molecular formula is C15H20BrN3O. The van der Waals surface area contributed by atoms with Gasteiger partial charge in [0.15, 0.2) is 0 Å². The first-order chi connectivity index (χ1) is 9.34. The molecule has 0 bridgehead atoms. The summed E-state index contributed by atoms with van der Waals surface area (Å²) in [5.74, 6) is 0.651. The van der Waals surface area contributed by atoms with Crippen molar-refractivity contribution in [2.75, 3.05) is 5.32 Å². The van der Waals surface area contributed by atoms with Gasteiger partial charge in [-0.15, -0.1) is 0 Å². The normalized spacial score (nSPS) is 25.2. The van der Waals surface area contributed by atoms with Crippen molar-refractivity contribution in [2.45, 2.75) is 39.7 Å². The van der Waals surface area contributed by atoms with Crippen LogP contribution in [0, 0.1) is 11.3 Å². The third-order valence-corrected chi connectivity index (χ3v) is 4.93. The largest absolute Gasteiger partial charge is 0.381 e. The van der Waals surface area contributed by atoms with E-state index in [-0.39, 0.29) is 5.69 Å². The number of benzene rings is 1. The van der Waals surface area contributed by atoms with Crippen LogP contribution in [0.5, 0.6) is 0 Å². The van der Waals surface area contributed by atoms with Crippen LogP contribution in [0.25, 0.3) is 11.0 Å². The lowest BCUT2D eigenvalue weighted by Gasteiger charge is -2.20. The van der Waals surface area contributed by atoms with E-state index in [0.717, 1.165) is 21.2 Å². The summed E-state index contributed by atoms with van der Waals surface area (Å²) in [7, 11) is 0. The number of imidazole rings is 1. The molecule has 4 nitrogen and oxygen atoms in total. The smallest absolute Gasteiger partial charge is 0.323 e. The van der Waals surface area contributed by atoms with Gasteiger partial charge in [-0.1, -0.05) is 20.8 Å². The summed E-state index contributed by atoms with van der Waals surface area (Å²) < 4.78 is 0.983. The van der Waals surface area contributed by atoms with Crippen LogP contribution in [0.15, 0.2) is 21.4 Å². The van der Waals surface area contributed by atoms with Crippen LogP contribution in [0.1, 0.15) is 33.6 Å². The van der Waals surface area contributed by atoms with E-state index in [1.807, 2.05) is 12.1 Å². The first kappa shape index (κ1) is 13.7. The highest BCUT2D eigenvalue weighted by Gasteiger charge is 2.36. The van der Waals surface area contributed by atoms with Crippen LogP contribution in [0.3, 0.4) is 0 Å². The molecule has 1 aliphatic rings. The molecule has 3 N–H and O–H groups in total.